The molecule has 1 aliphatic heterocycles. The van der Waals surface area contributed by atoms with Gasteiger partial charge < -0.3 is 0 Å². The van der Waals surface area contributed by atoms with E-state index in [0.29, 0.717) is 11.3 Å². The van der Waals surface area contributed by atoms with E-state index in [4.69, 9.17) is 0 Å². The fourth-order valence-electron chi connectivity index (χ4n) is 1.41. The van der Waals surface area contributed by atoms with Crippen molar-refractivity contribution in [2.24, 2.45) is 5.18 Å². The van der Waals surface area contributed by atoms with Gasteiger partial charge in [-0.2, -0.15) is 0 Å². The third-order valence-corrected chi connectivity index (χ3v) is 2.05. The van der Waals surface area contributed by atoms with Gasteiger partial charge in [0.05, 0.1) is 11.9 Å². The summed E-state index contributed by atoms with van der Waals surface area (Å²) in [7, 11) is 0. The van der Waals surface area contributed by atoms with Crippen molar-refractivity contribution in [1.29, 1.82) is 0 Å². The van der Waals surface area contributed by atoms with Gasteiger partial charge >= 0.3 is 0 Å². The van der Waals surface area contributed by atoms with Crippen LogP contribution in [0.15, 0.2) is 47.9 Å². The van der Waals surface area contributed by atoms with E-state index in [-0.39, 0.29) is 0 Å². The van der Waals surface area contributed by atoms with Crippen LogP contribution in [-0.4, -0.2) is 5.21 Å². The van der Waals surface area contributed by atoms with E-state index >= 15 is 0 Å². The van der Waals surface area contributed by atoms with Crippen LogP contribution >= 0.6 is 0 Å². The van der Waals surface area contributed by atoms with Crippen LogP contribution in [0.1, 0.15) is 5.56 Å². The summed E-state index contributed by atoms with van der Waals surface area (Å²) < 4.78 is 0. The Morgan fingerprint density at radius 3 is 2.93 bits per heavy atom. The van der Waals surface area contributed by atoms with E-state index in [0.717, 1.165) is 10.6 Å². The molecule has 0 saturated carbocycles. The van der Waals surface area contributed by atoms with Gasteiger partial charge in [0.2, 0.25) is 0 Å². The molecule has 0 fully saturated rings. The number of para-hydroxylation sites is 1. The highest BCUT2D eigenvalue weighted by Crippen LogP contribution is 2.31. The maximum Gasteiger partial charge on any atom is 0.0794 e. The monoisotopic (exact) mass is 188 g/mol. The number of nitroso groups, excluding NO2 is 1. The number of rotatable bonds is 1. The highest BCUT2D eigenvalue weighted by Gasteiger charge is 2.13. The molecular formula is C10H8N2O2. The average molecular weight is 188 g/mol. The molecule has 0 saturated heterocycles. The predicted molar refractivity (Wildman–Crippen MR) is 53.6 cm³/mol. The molecule has 1 aromatic carbocycles. The van der Waals surface area contributed by atoms with Gasteiger partial charge in [-0.1, -0.05) is 18.2 Å². The Hall–Kier alpha value is -1.94. The zero-order valence-corrected chi connectivity index (χ0v) is 7.29. The number of hydrogen-bond acceptors (Lipinski definition) is 4. The summed E-state index contributed by atoms with van der Waals surface area (Å²) in [6.07, 6.45) is 4.32. The number of fused-ring (bicyclic) bond motifs is 1. The van der Waals surface area contributed by atoms with Gasteiger partial charge in [0.1, 0.15) is 0 Å². The van der Waals surface area contributed by atoms with Crippen LogP contribution in [-0.2, 0) is 0 Å². The summed E-state index contributed by atoms with van der Waals surface area (Å²) in [6, 6.07) is 7.23. The van der Waals surface area contributed by atoms with Gasteiger partial charge in [0.25, 0.3) is 0 Å². The third-order valence-electron chi connectivity index (χ3n) is 2.05. The summed E-state index contributed by atoms with van der Waals surface area (Å²) in [5, 5.41) is 13.2. The molecule has 0 spiro atoms. The molecular weight excluding hydrogens is 180 g/mol. The standard InChI is InChI=1S/C10H8N2O2/c13-11-7-8-5-6-12(14)10-4-2-1-3-9(8)10/h1-7,14H/b8-7+. The van der Waals surface area contributed by atoms with Crippen LogP contribution in [0.5, 0.6) is 0 Å². The Morgan fingerprint density at radius 2 is 2.14 bits per heavy atom. The second-order valence-corrected chi connectivity index (χ2v) is 2.87. The lowest BCUT2D eigenvalue weighted by Crippen LogP contribution is -2.14. The number of anilines is 1. The van der Waals surface area contributed by atoms with Crippen molar-refractivity contribution in [2.75, 3.05) is 5.06 Å². The first-order chi connectivity index (χ1) is 6.83. The van der Waals surface area contributed by atoms with E-state index in [1.807, 2.05) is 18.2 Å². The summed E-state index contributed by atoms with van der Waals surface area (Å²) in [5.41, 5.74) is 2.13. The van der Waals surface area contributed by atoms with Gasteiger partial charge in [-0.15, -0.1) is 4.91 Å². The van der Waals surface area contributed by atoms with Crippen molar-refractivity contribution in [3.63, 3.8) is 0 Å². The second-order valence-electron chi connectivity index (χ2n) is 2.87. The Balaban J connectivity index is 2.58. The van der Waals surface area contributed by atoms with Crippen molar-refractivity contribution < 1.29 is 5.21 Å². The molecule has 4 heteroatoms. The summed E-state index contributed by atoms with van der Waals surface area (Å²) in [5.74, 6) is 0. The number of benzene rings is 1. The third kappa shape index (κ3) is 1.31. The maximum absolute atomic E-state index is 10.1. The molecule has 14 heavy (non-hydrogen) atoms. The smallest absolute Gasteiger partial charge is 0.0794 e. The van der Waals surface area contributed by atoms with Crippen molar-refractivity contribution in [2.45, 2.75) is 0 Å². The van der Waals surface area contributed by atoms with Crippen LogP contribution in [0.4, 0.5) is 5.69 Å². The minimum Gasteiger partial charge on any atom is -0.284 e. The van der Waals surface area contributed by atoms with Crippen molar-refractivity contribution in [3.05, 3.63) is 53.2 Å². The lowest BCUT2D eigenvalue weighted by molar-refractivity contribution is 0.295. The molecule has 1 heterocycles. The first-order valence-corrected chi connectivity index (χ1v) is 4.11. The largest absolute Gasteiger partial charge is 0.284 e. The van der Waals surface area contributed by atoms with Crippen LogP contribution in [0, 0.1) is 4.91 Å². The van der Waals surface area contributed by atoms with Gasteiger partial charge in [0.15, 0.2) is 0 Å². The van der Waals surface area contributed by atoms with Gasteiger partial charge in [-0.05, 0) is 17.3 Å². The molecule has 0 amide bonds. The van der Waals surface area contributed by atoms with E-state index < -0.39 is 0 Å². The van der Waals surface area contributed by atoms with Crippen molar-refractivity contribution in [1.82, 2.24) is 0 Å². The van der Waals surface area contributed by atoms with E-state index in [2.05, 4.69) is 5.18 Å². The normalized spacial score (nSPS) is 16.9. The maximum atomic E-state index is 10.1. The predicted octanol–water partition coefficient (Wildman–Crippen LogP) is 2.52. The Labute approximate surface area is 80.7 Å². The number of hydrogen-bond donors (Lipinski definition) is 1. The fourth-order valence-corrected chi connectivity index (χ4v) is 1.41. The topological polar surface area (TPSA) is 52.9 Å². The molecule has 1 aliphatic rings. The van der Waals surface area contributed by atoms with Crippen LogP contribution in [0.2, 0.25) is 0 Å². The SMILES string of the molecule is O=N/C=C1\C=CN(O)c2ccccc21. The van der Waals surface area contributed by atoms with E-state index in [1.54, 1.807) is 12.1 Å². The molecule has 0 atom stereocenters. The number of hydroxylamine groups is 1. The van der Waals surface area contributed by atoms with Crippen LogP contribution < -0.4 is 5.06 Å². The quantitative estimate of drug-likeness (QED) is 0.689. The zero-order valence-electron chi connectivity index (χ0n) is 7.29. The van der Waals surface area contributed by atoms with E-state index in [9.17, 15) is 10.1 Å². The lowest BCUT2D eigenvalue weighted by atomic mass is 10.0. The minimum absolute atomic E-state index is 0.643. The van der Waals surface area contributed by atoms with Gasteiger partial charge in [-0.3, -0.25) is 5.21 Å². The molecule has 0 radical (unpaired) electrons. The molecule has 1 N–H and O–H groups in total. The van der Waals surface area contributed by atoms with Crippen molar-refractivity contribution in [3.8, 4) is 0 Å². The lowest BCUT2D eigenvalue weighted by Gasteiger charge is -2.20. The van der Waals surface area contributed by atoms with E-state index in [1.165, 1.54) is 12.4 Å². The average Bonchev–Trinajstić information content (AvgIpc) is 2.23. The zero-order chi connectivity index (χ0) is 9.97. The molecule has 4 nitrogen and oxygen atoms in total. The highest BCUT2D eigenvalue weighted by molar-refractivity contribution is 5.85. The Bertz CT molecular complexity index is 424. The van der Waals surface area contributed by atoms with Crippen LogP contribution in [0.25, 0.3) is 5.57 Å². The molecule has 0 bridgehead atoms. The Morgan fingerprint density at radius 1 is 1.36 bits per heavy atom. The second kappa shape index (κ2) is 3.43. The summed E-state index contributed by atoms with van der Waals surface area (Å²) >= 11 is 0. The fraction of sp³-hybridized carbons (Fsp3) is 0. The minimum atomic E-state index is 0.643. The molecule has 0 unspecified atom stereocenters. The molecule has 0 aliphatic carbocycles. The van der Waals surface area contributed by atoms with Gasteiger partial charge in [-0.25, -0.2) is 5.06 Å². The number of nitrogens with zero attached hydrogens (tertiary/aromatic N) is 2. The molecule has 2 rings (SSSR count). The summed E-state index contributed by atoms with van der Waals surface area (Å²) in [6.45, 7) is 0. The number of allylic oxidation sites excluding steroid dienone is 2. The highest BCUT2D eigenvalue weighted by atomic mass is 16.5. The summed E-state index contributed by atoms with van der Waals surface area (Å²) in [4.78, 5) is 10.1. The Kier molecular flexibility index (Phi) is 2.12. The van der Waals surface area contributed by atoms with Gasteiger partial charge in [0, 0.05) is 17.3 Å². The first-order valence-electron chi connectivity index (χ1n) is 4.11. The molecule has 1 aromatic rings. The van der Waals surface area contributed by atoms with Crippen molar-refractivity contribution >= 4 is 11.3 Å². The van der Waals surface area contributed by atoms with Crippen LogP contribution in [0.3, 0.4) is 0 Å². The molecule has 70 valence electrons. The first kappa shape index (κ1) is 8.65. The molecule has 0 aromatic heterocycles.